The van der Waals surface area contributed by atoms with E-state index in [-0.39, 0.29) is 30.3 Å². The highest BCUT2D eigenvalue weighted by Gasteiger charge is 2.11. The van der Waals surface area contributed by atoms with Crippen LogP contribution in [0.25, 0.3) is 0 Å². The first kappa shape index (κ1) is 49.4. The van der Waals surface area contributed by atoms with Crippen LogP contribution in [0.3, 0.4) is 0 Å². The van der Waals surface area contributed by atoms with Crippen molar-refractivity contribution in [1.29, 1.82) is 0 Å². The van der Waals surface area contributed by atoms with E-state index in [0.717, 1.165) is 33.1 Å². The molecule has 13 nitrogen and oxygen atoms in total. The minimum atomic E-state index is -5.17. The number of nitrogens with zero attached hydrogens (tertiary/aromatic N) is 3. The smallest absolute Gasteiger partial charge is 0.333 e. The summed E-state index contributed by atoms with van der Waals surface area (Å²) in [4.78, 5) is 32.7. The predicted octanol–water partition coefficient (Wildman–Crippen LogP) is -1.90. The number of quaternary nitrogens is 3. The molecule has 0 bridgehead atoms. The first-order chi connectivity index (χ1) is 18.0. The predicted molar refractivity (Wildman–Crippen MR) is 156 cm³/mol. The Morgan fingerprint density at radius 1 is 0.548 bits per heavy atom. The van der Waals surface area contributed by atoms with Gasteiger partial charge in [-0.25, -0.2) is 14.4 Å². The van der Waals surface area contributed by atoms with Gasteiger partial charge in [-0.1, -0.05) is 19.7 Å². The van der Waals surface area contributed by atoms with E-state index >= 15 is 0 Å². The van der Waals surface area contributed by atoms with Crippen LogP contribution in [0.15, 0.2) is 36.5 Å². The molecule has 0 fully saturated rings. The topological polar surface area (TPSA) is 159 Å². The summed E-state index contributed by atoms with van der Waals surface area (Å²) < 4.78 is 51.2. The summed E-state index contributed by atoms with van der Waals surface area (Å²) in [7, 11) is 13.3. The summed E-state index contributed by atoms with van der Waals surface area (Å²) in [5, 5.41) is 0. The first-order valence-corrected chi connectivity index (χ1v) is 13.9. The Bertz CT molecular complexity index is 854. The standard InChI is InChI=1S/3C9H18NO2.ClH.H2O4S/c3*1-8(2)9(11)12-7-6-10(3,4)5;;1-5(2,3)4/h3*1,6-7H2,2-5H3;1H;(H2,1,2,3,4)/q3*+1;;/p-3. The molecule has 0 radical (unpaired) electrons. The lowest BCUT2D eigenvalue weighted by atomic mass is 10.4. The Balaban J connectivity index is -0.000000149. The number of ether oxygens (including phenoxy) is 3. The molecule has 0 aromatic rings. The molecule has 42 heavy (non-hydrogen) atoms. The molecule has 0 aromatic heterocycles. The summed E-state index contributed by atoms with van der Waals surface area (Å²) in [6, 6.07) is 0. The molecule has 0 saturated carbocycles. The van der Waals surface area contributed by atoms with Crippen LogP contribution in [0, 0.1) is 0 Å². The van der Waals surface area contributed by atoms with Gasteiger partial charge in [0.25, 0.3) is 0 Å². The number of likely N-dealkylation sites (N-methyl/N-ethyl adjacent to an activating group) is 3. The number of carbonyl (C=O) groups is 3. The molecule has 0 rings (SSSR count). The molecule has 0 aliphatic carbocycles. The van der Waals surface area contributed by atoms with Crippen LogP contribution in [-0.2, 0) is 39.0 Å². The van der Waals surface area contributed by atoms with Gasteiger partial charge in [0.15, 0.2) is 0 Å². The van der Waals surface area contributed by atoms with Crippen molar-refractivity contribution in [3.63, 3.8) is 0 Å². The van der Waals surface area contributed by atoms with E-state index in [9.17, 15) is 14.4 Å². The van der Waals surface area contributed by atoms with E-state index in [1.165, 1.54) is 0 Å². The molecular weight excluding hydrogens is 594 g/mol. The van der Waals surface area contributed by atoms with E-state index in [1.54, 1.807) is 20.8 Å². The number of esters is 3. The van der Waals surface area contributed by atoms with Gasteiger partial charge in [0.1, 0.15) is 39.5 Å². The lowest BCUT2D eigenvalue weighted by Crippen LogP contribution is -3.00. The first-order valence-electron chi connectivity index (χ1n) is 12.5. The Labute approximate surface area is 260 Å². The fourth-order valence-corrected chi connectivity index (χ4v) is 1.61. The molecule has 0 saturated heterocycles. The number of rotatable bonds is 12. The van der Waals surface area contributed by atoms with Crippen molar-refractivity contribution < 1.29 is 72.0 Å². The second kappa shape index (κ2) is 23.2. The average Bonchev–Trinajstić information content (AvgIpc) is 2.70. The van der Waals surface area contributed by atoms with Gasteiger partial charge in [0.05, 0.1) is 63.4 Å². The van der Waals surface area contributed by atoms with E-state index in [2.05, 4.69) is 83.2 Å². The molecule has 0 N–H and O–H groups in total. The van der Waals surface area contributed by atoms with Crippen molar-refractivity contribution in [2.75, 3.05) is 103 Å². The summed E-state index contributed by atoms with van der Waals surface area (Å²) in [6.45, 7) is 19.2. The van der Waals surface area contributed by atoms with Crippen molar-refractivity contribution in [2.45, 2.75) is 20.8 Å². The van der Waals surface area contributed by atoms with Crippen LogP contribution >= 0.6 is 0 Å². The third-order valence-electron chi connectivity index (χ3n) is 4.03. The van der Waals surface area contributed by atoms with Crippen molar-refractivity contribution in [3.8, 4) is 0 Å². The maximum atomic E-state index is 10.9. The summed E-state index contributed by atoms with van der Waals surface area (Å²) in [5.41, 5.74) is 1.37. The van der Waals surface area contributed by atoms with Crippen molar-refractivity contribution in [3.05, 3.63) is 36.5 Å². The summed E-state index contributed by atoms with van der Waals surface area (Å²) in [6.07, 6.45) is 0. The van der Waals surface area contributed by atoms with Crippen LogP contribution < -0.4 is 12.4 Å². The summed E-state index contributed by atoms with van der Waals surface area (Å²) >= 11 is 0. The maximum Gasteiger partial charge on any atom is 0.333 e. The molecule has 0 heterocycles. The Morgan fingerprint density at radius 2 is 0.690 bits per heavy atom. The largest absolute Gasteiger partial charge is 1.00 e. The monoisotopic (exact) mass is 647 g/mol. The molecule has 0 aliphatic rings. The number of halogens is 1. The van der Waals surface area contributed by atoms with E-state index in [4.69, 9.17) is 31.7 Å². The summed E-state index contributed by atoms with van der Waals surface area (Å²) in [5.74, 6) is -0.907. The van der Waals surface area contributed by atoms with Gasteiger partial charge in [-0.15, -0.1) is 0 Å². The van der Waals surface area contributed by atoms with Crippen LogP contribution in [0.2, 0.25) is 0 Å². The fourth-order valence-electron chi connectivity index (χ4n) is 1.61. The highest BCUT2D eigenvalue weighted by molar-refractivity contribution is 7.79. The van der Waals surface area contributed by atoms with Crippen molar-refractivity contribution in [1.82, 2.24) is 0 Å². The maximum absolute atomic E-state index is 10.9. The van der Waals surface area contributed by atoms with Gasteiger partial charge in [-0.2, -0.15) is 0 Å². The molecule has 0 aromatic carbocycles. The van der Waals surface area contributed by atoms with Crippen LogP contribution in [0.5, 0.6) is 0 Å². The Kier molecular flexibility index (Phi) is 27.2. The molecule has 0 atom stereocenters. The number of carbonyl (C=O) groups excluding carboxylic acids is 3. The molecule has 0 unspecified atom stereocenters. The van der Waals surface area contributed by atoms with Crippen LogP contribution in [0.1, 0.15) is 20.8 Å². The second-order valence-electron chi connectivity index (χ2n) is 12.2. The highest BCUT2D eigenvalue weighted by atomic mass is 35.5. The quantitative estimate of drug-likeness (QED) is 0.0585. The van der Waals surface area contributed by atoms with Gasteiger partial charge in [0, 0.05) is 27.1 Å². The van der Waals surface area contributed by atoms with Crippen molar-refractivity contribution in [2.24, 2.45) is 0 Å². The van der Waals surface area contributed by atoms with Gasteiger partial charge >= 0.3 is 17.9 Å². The van der Waals surface area contributed by atoms with Crippen molar-refractivity contribution >= 4 is 28.3 Å². The zero-order chi connectivity index (χ0) is 33.8. The highest BCUT2D eigenvalue weighted by Crippen LogP contribution is 1.96. The fraction of sp³-hybridized carbons (Fsp3) is 0.667. The number of hydrogen-bond acceptors (Lipinski definition) is 10. The lowest BCUT2D eigenvalue weighted by molar-refractivity contribution is -0.870. The zero-order valence-corrected chi connectivity index (χ0v) is 29.1. The molecule has 0 aliphatic heterocycles. The van der Waals surface area contributed by atoms with E-state index in [0.29, 0.717) is 36.5 Å². The molecule has 0 spiro atoms. The normalized spacial score (nSPS) is 10.8. The Morgan fingerprint density at radius 3 is 0.786 bits per heavy atom. The third-order valence-corrected chi connectivity index (χ3v) is 4.03. The van der Waals surface area contributed by atoms with Gasteiger partial charge in [-0.05, 0) is 20.8 Å². The molecule has 0 amide bonds. The van der Waals surface area contributed by atoms with Crippen LogP contribution in [0.4, 0.5) is 0 Å². The van der Waals surface area contributed by atoms with Gasteiger partial charge in [-0.3, -0.25) is 8.42 Å². The van der Waals surface area contributed by atoms with Gasteiger partial charge < -0.3 is 49.2 Å². The lowest BCUT2D eigenvalue weighted by Gasteiger charge is -2.23. The van der Waals surface area contributed by atoms with Gasteiger partial charge in [0.2, 0.25) is 0 Å². The minimum absolute atomic E-state index is 0. The average molecular weight is 648 g/mol. The van der Waals surface area contributed by atoms with E-state index < -0.39 is 10.4 Å². The van der Waals surface area contributed by atoms with E-state index in [1.807, 2.05) is 0 Å². The minimum Gasteiger partial charge on any atom is -1.00 e. The molecule has 15 heteroatoms. The molecule has 250 valence electrons. The van der Waals surface area contributed by atoms with Crippen LogP contribution in [-0.4, -0.2) is 152 Å². The number of hydrogen-bond donors (Lipinski definition) is 0. The second-order valence-corrected chi connectivity index (χ2v) is 13.0. The Hall–Kier alpha value is -2.33. The zero-order valence-electron chi connectivity index (χ0n) is 27.6. The third kappa shape index (κ3) is 53.9. The SMILES string of the molecule is C=C(C)C(=O)OCC[N+](C)(C)C.C=C(C)C(=O)OCC[N+](C)(C)C.C=C(C)C(=O)OCC[N+](C)(C)C.O=S(=O)([O-])[O-].[Cl-]. The molecular formula is C27H54ClN3O10S.